The Labute approximate surface area is 160 Å². The standard InChI is InChI=1S/C20H27N5O2/c1-13(2)27-14(3)20(26)25-10-8-16-17(12-25)22-18(23-19(16)24(4)5)15-7-6-9-21-11-15/h6-7,9,11,13-14H,8,10,12H2,1-5H3. The Morgan fingerprint density at radius 2 is 2.04 bits per heavy atom. The predicted octanol–water partition coefficient (Wildman–Crippen LogP) is 2.30. The molecule has 0 fully saturated rings. The smallest absolute Gasteiger partial charge is 0.251 e. The summed E-state index contributed by atoms with van der Waals surface area (Å²) in [5.74, 6) is 1.53. The van der Waals surface area contributed by atoms with Crippen LogP contribution in [0.2, 0.25) is 0 Å². The molecule has 0 N–H and O–H groups in total. The van der Waals surface area contributed by atoms with Crippen molar-refractivity contribution < 1.29 is 9.53 Å². The van der Waals surface area contributed by atoms with E-state index in [1.54, 1.807) is 12.4 Å². The van der Waals surface area contributed by atoms with Gasteiger partial charge in [0.1, 0.15) is 11.9 Å². The van der Waals surface area contributed by atoms with Crippen LogP contribution in [0.15, 0.2) is 24.5 Å². The van der Waals surface area contributed by atoms with Crippen molar-refractivity contribution in [3.05, 3.63) is 35.8 Å². The lowest BCUT2D eigenvalue weighted by atomic mass is 10.0. The van der Waals surface area contributed by atoms with Gasteiger partial charge in [-0.2, -0.15) is 0 Å². The van der Waals surface area contributed by atoms with E-state index in [1.165, 1.54) is 0 Å². The number of nitrogens with zero attached hydrogens (tertiary/aromatic N) is 5. The van der Waals surface area contributed by atoms with E-state index >= 15 is 0 Å². The molecule has 3 rings (SSSR count). The second-order valence-electron chi connectivity index (χ2n) is 7.27. The number of amides is 1. The Kier molecular flexibility index (Phi) is 5.70. The molecule has 1 atom stereocenters. The second kappa shape index (κ2) is 8.00. The van der Waals surface area contributed by atoms with Gasteiger partial charge in [0.25, 0.3) is 5.91 Å². The average molecular weight is 369 g/mol. The quantitative estimate of drug-likeness (QED) is 0.805. The minimum absolute atomic E-state index is 0.00212. The fraction of sp³-hybridized carbons (Fsp3) is 0.500. The van der Waals surface area contributed by atoms with Crippen molar-refractivity contribution in [3.63, 3.8) is 0 Å². The highest BCUT2D eigenvalue weighted by Gasteiger charge is 2.29. The van der Waals surface area contributed by atoms with E-state index in [-0.39, 0.29) is 12.0 Å². The van der Waals surface area contributed by atoms with Crippen LogP contribution >= 0.6 is 0 Å². The number of rotatable bonds is 5. The molecule has 0 spiro atoms. The van der Waals surface area contributed by atoms with E-state index in [0.29, 0.717) is 18.9 Å². The van der Waals surface area contributed by atoms with Crippen LogP contribution < -0.4 is 4.90 Å². The van der Waals surface area contributed by atoms with Crippen LogP contribution in [0.25, 0.3) is 11.4 Å². The van der Waals surface area contributed by atoms with Crippen LogP contribution in [-0.2, 0) is 22.5 Å². The van der Waals surface area contributed by atoms with Gasteiger partial charge in [-0.25, -0.2) is 9.97 Å². The molecule has 7 nitrogen and oxygen atoms in total. The molecular weight excluding hydrogens is 342 g/mol. The van der Waals surface area contributed by atoms with E-state index in [9.17, 15) is 4.79 Å². The zero-order valence-electron chi connectivity index (χ0n) is 16.6. The highest BCUT2D eigenvalue weighted by atomic mass is 16.5. The van der Waals surface area contributed by atoms with Crippen LogP contribution in [0.5, 0.6) is 0 Å². The monoisotopic (exact) mass is 369 g/mol. The molecule has 0 aliphatic carbocycles. The minimum atomic E-state index is -0.459. The zero-order chi connectivity index (χ0) is 19.6. The summed E-state index contributed by atoms with van der Waals surface area (Å²) in [4.78, 5) is 30.3. The summed E-state index contributed by atoms with van der Waals surface area (Å²) in [6.07, 6.45) is 3.77. The normalized spacial score (nSPS) is 14.8. The molecule has 0 radical (unpaired) electrons. The topological polar surface area (TPSA) is 71.5 Å². The van der Waals surface area contributed by atoms with Gasteiger partial charge in [-0.05, 0) is 39.3 Å². The Morgan fingerprint density at radius 1 is 1.26 bits per heavy atom. The van der Waals surface area contributed by atoms with Crippen LogP contribution in [-0.4, -0.2) is 58.6 Å². The third-order valence-corrected chi connectivity index (χ3v) is 4.52. The number of fused-ring (bicyclic) bond motifs is 1. The lowest BCUT2D eigenvalue weighted by molar-refractivity contribution is -0.146. The fourth-order valence-corrected chi connectivity index (χ4v) is 3.32. The number of anilines is 1. The van der Waals surface area contributed by atoms with E-state index in [4.69, 9.17) is 14.7 Å². The molecule has 0 aromatic carbocycles. The maximum absolute atomic E-state index is 12.8. The Balaban J connectivity index is 1.92. The Hall–Kier alpha value is -2.54. The summed E-state index contributed by atoms with van der Waals surface area (Å²) in [5.41, 5.74) is 2.86. The molecule has 7 heteroatoms. The lowest BCUT2D eigenvalue weighted by Gasteiger charge is -2.32. The predicted molar refractivity (Wildman–Crippen MR) is 104 cm³/mol. The zero-order valence-corrected chi connectivity index (χ0v) is 16.6. The molecule has 1 amide bonds. The molecule has 1 unspecified atom stereocenters. The van der Waals surface area contributed by atoms with Crippen molar-refractivity contribution in [2.24, 2.45) is 0 Å². The van der Waals surface area contributed by atoms with Crippen LogP contribution in [0, 0.1) is 0 Å². The van der Waals surface area contributed by atoms with Crippen molar-refractivity contribution in [2.45, 2.75) is 45.9 Å². The number of pyridine rings is 1. The number of carbonyl (C=O) groups excluding carboxylic acids is 1. The maximum Gasteiger partial charge on any atom is 0.251 e. The van der Waals surface area contributed by atoms with Crippen molar-refractivity contribution in [1.82, 2.24) is 19.9 Å². The summed E-state index contributed by atoms with van der Waals surface area (Å²) < 4.78 is 5.67. The molecule has 0 bridgehead atoms. The van der Waals surface area contributed by atoms with Gasteiger partial charge >= 0.3 is 0 Å². The summed E-state index contributed by atoms with van der Waals surface area (Å²) in [6.45, 7) is 6.80. The lowest BCUT2D eigenvalue weighted by Crippen LogP contribution is -2.43. The molecular formula is C20H27N5O2. The first-order valence-electron chi connectivity index (χ1n) is 9.28. The number of aromatic nitrogens is 3. The van der Waals surface area contributed by atoms with Gasteiger partial charge < -0.3 is 14.5 Å². The largest absolute Gasteiger partial charge is 0.366 e. The Bertz CT molecular complexity index is 808. The summed E-state index contributed by atoms with van der Waals surface area (Å²) in [6, 6.07) is 3.81. The van der Waals surface area contributed by atoms with E-state index in [1.807, 2.05) is 56.8 Å². The van der Waals surface area contributed by atoms with Crippen molar-refractivity contribution in [3.8, 4) is 11.4 Å². The van der Waals surface area contributed by atoms with Crippen molar-refractivity contribution in [2.75, 3.05) is 25.5 Å². The van der Waals surface area contributed by atoms with Gasteiger partial charge in [-0.3, -0.25) is 9.78 Å². The first kappa shape index (κ1) is 19.2. The van der Waals surface area contributed by atoms with Gasteiger partial charge in [0.05, 0.1) is 18.3 Å². The highest BCUT2D eigenvalue weighted by molar-refractivity contribution is 5.81. The third kappa shape index (κ3) is 4.24. The third-order valence-electron chi connectivity index (χ3n) is 4.52. The first-order valence-corrected chi connectivity index (χ1v) is 9.28. The van der Waals surface area contributed by atoms with Crippen LogP contribution in [0.4, 0.5) is 5.82 Å². The molecule has 2 aromatic rings. The Morgan fingerprint density at radius 3 is 2.67 bits per heavy atom. The molecule has 144 valence electrons. The second-order valence-corrected chi connectivity index (χ2v) is 7.27. The van der Waals surface area contributed by atoms with Gasteiger partial charge in [-0.15, -0.1) is 0 Å². The molecule has 1 aliphatic rings. The van der Waals surface area contributed by atoms with E-state index < -0.39 is 6.10 Å². The first-order chi connectivity index (χ1) is 12.9. The molecule has 3 heterocycles. The van der Waals surface area contributed by atoms with Gasteiger partial charge in [0, 0.05) is 44.2 Å². The number of carbonyl (C=O) groups is 1. The average Bonchev–Trinajstić information content (AvgIpc) is 2.66. The summed E-state index contributed by atoms with van der Waals surface area (Å²) in [7, 11) is 3.96. The van der Waals surface area contributed by atoms with E-state index in [2.05, 4.69) is 4.98 Å². The molecule has 1 aliphatic heterocycles. The number of hydrogen-bond donors (Lipinski definition) is 0. The number of ether oxygens (including phenoxy) is 1. The van der Waals surface area contributed by atoms with Crippen LogP contribution in [0.1, 0.15) is 32.0 Å². The maximum atomic E-state index is 12.8. The molecule has 27 heavy (non-hydrogen) atoms. The van der Waals surface area contributed by atoms with E-state index in [0.717, 1.165) is 29.1 Å². The molecule has 0 saturated heterocycles. The molecule has 2 aromatic heterocycles. The van der Waals surface area contributed by atoms with Crippen LogP contribution in [0.3, 0.4) is 0 Å². The van der Waals surface area contributed by atoms with Crippen molar-refractivity contribution >= 4 is 11.7 Å². The SMILES string of the molecule is CC(C)OC(C)C(=O)N1CCc2c(nc(-c3cccnc3)nc2N(C)C)C1. The van der Waals surface area contributed by atoms with Gasteiger partial charge in [0.15, 0.2) is 5.82 Å². The fourth-order valence-electron chi connectivity index (χ4n) is 3.32. The minimum Gasteiger partial charge on any atom is -0.366 e. The molecule has 0 saturated carbocycles. The summed E-state index contributed by atoms with van der Waals surface area (Å²) >= 11 is 0. The van der Waals surface area contributed by atoms with Gasteiger partial charge in [0.2, 0.25) is 0 Å². The number of hydrogen-bond acceptors (Lipinski definition) is 6. The van der Waals surface area contributed by atoms with Crippen molar-refractivity contribution in [1.29, 1.82) is 0 Å². The highest BCUT2D eigenvalue weighted by Crippen LogP contribution is 2.28. The van der Waals surface area contributed by atoms with Gasteiger partial charge in [-0.1, -0.05) is 0 Å². The summed E-state index contributed by atoms with van der Waals surface area (Å²) in [5, 5.41) is 0.